The second-order valence-corrected chi connectivity index (χ2v) is 6.59. The van der Waals surface area contributed by atoms with Crippen molar-refractivity contribution in [3.05, 3.63) is 69.9 Å². The van der Waals surface area contributed by atoms with Crippen LogP contribution in [-0.2, 0) is 0 Å². The van der Waals surface area contributed by atoms with Crippen molar-refractivity contribution in [2.75, 3.05) is 5.32 Å². The molecule has 0 aliphatic carbocycles. The van der Waals surface area contributed by atoms with Crippen molar-refractivity contribution in [1.29, 1.82) is 0 Å². The number of primary amides is 1. The molecule has 2 aromatic carbocycles. The van der Waals surface area contributed by atoms with Crippen LogP contribution in [0.25, 0.3) is 11.1 Å². The van der Waals surface area contributed by atoms with Crippen LogP contribution >= 0.6 is 11.3 Å². The van der Waals surface area contributed by atoms with E-state index < -0.39 is 16.9 Å². The fraction of sp³-hybridized carbons (Fsp3) is 0.0556. The van der Waals surface area contributed by atoms with Crippen LogP contribution in [0.4, 0.5) is 14.9 Å². The quantitative estimate of drug-likeness (QED) is 0.496. The second kappa shape index (κ2) is 7.84. The molecule has 142 valence electrons. The summed E-state index contributed by atoms with van der Waals surface area (Å²) in [4.78, 5) is 38.2. The first kappa shape index (κ1) is 19.0. The third-order valence-corrected chi connectivity index (χ3v) is 4.72. The zero-order valence-electron chi connectivity index (χ0n) is 14.5. The first-order chi connectivity index (χ1) is 13.3. The van der Waals surface area contributed by atoms with Crippen LogP contribution in [0.5, 0.6) is 5.75 Å². The molecular weight excluding hydrogens is 384 g/mol. The first-order valence-corrected chi connectivity index (χ1v) is 8.76. The molecule has 0 unspecified atom stereocenters. The monoisotopic (exact) mass is 398 g/mol. The van der Waals surface area contributed by atoms with Crippen LogP contribution in [0.15, 0.2) is 48.5 Å². The number of aromatic nitrogens is 1. The number of carbonyl (C=O) groups excluding carboxylic acids is 2. The van der Waals surface area contributed by atoms with Gasteiger partial charge >= 0.3 is 11.1 Å². The van der Waals surface area contributed by atoms with E-state index in [4.69, 9.17) is 10.5 Å². The van der Waals surface area contributed by atoms with E-state index in [0.717, 1.165) is 11.3 Å². The molecule has 0 atom stereocenters. The molecule has 28 heavy (non-hydrogen) atoms. The lowest BCUT2D eigenvalue weighted by molar-refractivity contribution is -0.380. The van der Waals surface area contributed by atoms with Crippen LogP contribution < -0.4 is 15.8 Å². The number of benzene rings is 2. The molecule has 3 rings (SSSR count). The smallest absolute Gasteiger partial charge is 0.409 e. The topological polar surface area (TPSA) is 137 Å². The van der Waals surface area contributed by atoms with Gasteiger partial charge in [0.05, 0.1) is 4.92 Å². The highest BCUT2D eigenvalue weighted by Crippen LogP contribution is 2.32. The summed E-state index contributed by atoms with van der Waals surface area (Å²) in [5.41, 5.74) is 6.76. The highest BCUT2D eigenvalue weighted by molar-refractivity contribution is 7.19. The number of amides is 2. The molecule has 3 aromatic rings. The van der Waals surface area contributed by atoms with E-state index in [0.29, 0.717) is 11.1 Å². The Kier molecular flexibility index (Phi) is 5.32. The highest BCUT2D eigenvalue weighted by Gasteiger charge is 2.21. The number of nitrogens with two attached hydrogens (primary N) is 1. The fourth-order valence-corrected chi connectivity index (χ4v) is 3.31. The van der Waals surface area contributed by atoms with E-state index in [-0.39, 0.29) is 27.1 Å². The molecule has 3 N–H and O–H groups in total. The van der Waals surface area contributed by atoms with Gasteiger partial charge in [-0.3, -0.25) is 20.2 Å². The number of nitrogens with one attached hydrogen (secondary N) is 1. The fourth-order valence-electron chi connectivity index (χ4n) is 2.53. The Hall–Kier alpha value is -3.79. The summed E-state index contributed by atoms with van der Waals surface area (Å²) in [7, 11) is 0. The van der Waals surface area contributed by atoms with Gasteiger partial charge in [-0.2, -0.15) is 0 Å². The summed E-state index contributed by atoms with van der Waals surface area (Å²) in [6.45, 7) is 1.50. The number of nitro groups is 1. The van der Waals surface area contributed by atoms with E-state index in [9.17, 15) is 19.7 Å². The molecule has 2 amide bonds. The Morgan fingerprint density at radius 1 is 1.21 bits per heavy atom. The van der Waals surface area contributed by atoms with Crippen LogP contribution in [-0.4, -0.2) is 21.9 Å². The number of ether oxygens (including phenoxy) is 1. The van der Waals surface area contributed by atoms with Crippen LogP contribution in [0.3, 0.4) is 0 Å². The van der Waals surface area contributed by atoms with Crippen molar-refractivity contribution in [2.24, 2.45) is 5.73 Å². The molecule has 0 aliphatic rings. The van der Waals surface area contributed by atoms with Gasteiger partial charge in [0.25, 0.3) is 5.91 Å². The van der Waals surface area contributed by atoms with Gasteiger partial charge in [0, 0.05) is 5.56 Å². The van der Waals surface area contributed by atoms with Gasteiger partial charge < -0.3 is 10.5 Å². The minimum Gasteiger partial charge on any atom is -0.410 e. The van der Waals surface area contributed by atoms with E-state index >= 15 is 0 Å². The number of hydrogen-bond acceptors (Lipinski definition) is 7. The Balaban J connectivity index is 1.98. The van der Waals surface area contributed by atoms with Crippen LogP contribution in [0.2, 0.25) is 0 Å². The molecular formula is C18H14N4O5S. The van der Waals surface area contributed by atoms with Gasteiger partial charge in [-0.25, -0.2) is 9.78 Å². The average Bonchev–Trinajstić information content (AvgIpc) is 3.02. The summed E-state index contributed by atoms with van der Waals surface area (Å²) in [5, 5.41) is 13.5. The van der Waals surface area contributed by atoms with Crippen molar-refractivity contribution in [2.45, 2.75) is 6.92 Å². The maximum absolute atomic E-state index is 12.8. The Morgan fingerprint density at radius 3 is 2.54 bits per heavy atom. The van der Waals surface area contributed by atoms with Crippen molar-refractivity contribution in [1.82, 2.24) is 4.98 Å². The lowest BCUT2D eigenvalue weighted by atomic mass is 9.99. The van der Waals surface area contributed by atoms with E-state index in [1.807, 2.05) is 6.07 Å². The molecule has 0 bridgehead atoms. The Bertz CT molecular complexity index is 1070. The predicted molar refractivity (Wildman–Crippen MR) is 104 cm³/mol. The molecule has 9 nitrogen and oxygen atoms in total. The standard InChI is InChI=1S/C18H14N4O5S/c1-10-16(22(25)26)28-18(20-10)21-15(23)13-8-7-12(27-17(19)24)9-14(13)11-5-3-2-4-6-11/h2-9H,1H3,(H2,19,24)(H,20,21,23). The maximum atomic E-state index is 12.8. The average molecular weight is 398 g/mol. The molecule has 10 heteroatoms. The second-order valence-electron chi connectivity index (χ2n) is 5.62. The van der Waals surface area contributed by atoms with Crippen LogP contribution in [0.1, 0.15) is 16.1 Å². The van der Waals surface area contributed by atoms with Gasteiger partial charge in [-0.05, 0) is 47.6 Å². The summed E-state index contributed by atoms with van der Waals surface area (Å²) < 4.78 is 4.90. The number of thiazole rings is 1. The predicted octanol–water partition coefficient (Wildman–Crippen LogP) is 3.74. The SMILES string of the molecule is Cc1nc(NC(=O)c2ccc(OC(N)=O)cc2-c2ccccc2)sc1[N+](=O)[O-]. The summed E-state index contributed by atoms with van der Waals surface area (Å²) in [5.74, 6) is -0.322. The van der Waals surface area contributed by atoms with Crippen molar-refractivity contribution in [3.8, 4) is 16.9 Å². The van der Waals surface area contributed by atoms with Crippen molar-refractivity contribution in [3.63, 3.8) is 0 Å². The minimum atomic E-state index is -0.971. The maximum Gasteiger partial charge on any atom is 0.409 e. The summed E-state index contributed by atoms with van der Waals surface area (Å²) >= 11 is 0.776. The number of aryl methyl sites for hydroxylation is 1. The van der Waals surface area contributed by atoms with E-state index in [1.165, 1.54) is 25.1 Å². The molecule has 0 spiro atoms. The lowest BCUT2D eigenvalue weighted by Crippen LogP contribution is -2.17. The van der Waals surface area contributed by atoms with Crippen LogP contribution in [0, 0.1) is 17.0 Å². The molecule has 0 saturated carbocycles. The Morgan fingerprint density at radius 2 is 1.93 bits per heavy atom. The third kappa shape index (κ3) is 4.13. The third-order valence-electron chi connectivity index (χ3n) is 3.70. The van der Waals surface area contributed by atoms with Gasteiger partial charge in [0.1, 0.15) is 11.4 Å². The van der Waals surface area contributed by atoms with Gasteiger partial charge in [-0.1, -0.05) is 30.3 Å². The number of hydrogen-bond donors (Lipinski definition) is 2. The zero-order chi connectivity index (χ0) is 20.3. The minimum absolute atomic E-state index is 0.116. The largest absolute Gasteiger partial charge is 0.410 e. The summed E-state index contributed by atoms with van der Waals surface area (Å²) in [6.07, 6.45) is -0.971. The molecule has 1 heterocycles. The lowest BCUT2D eigenvalue weighted by Gasteiger charge is -2.11. The number of carbonyl (C=O) groups is 2. The van der Waals surface area contributed by atoms with Gasteiger partial charge in [0.15, 0.2) is 5.13 Å². The molecule has 1 aromatic heterocycles. The highest BCUT2D eigenvalue weighted by atomic mass is 32.1. The number of nitrogens with zero attached hydrogens (tertiary/aromatic N) is 2. The first-order valence-electron chi connectivity index (χ1n) is 7.95. The zero-order valence-corrected chi connectivity index (χ0v) is 15.4. The van der Waals surface area contributed by atoms with Gasteiger partial charge in [-0.15, -0.1) is 0 Å². The van der Waals surface area contributed by atoms with E-state index in [1.54, 1.807) is 24.3 Å². The summed E-state index contributed by atoms with van der Waals surface area (Å²) in [6, 6.07) is 13.4. The molecule has 0 radical (unpaired) electrons. The number of rotatable bonds is 5. The van der Waals surface area contributed by atoms with Gasteiger partial charge in [0.2, 0.25) is 0 Å². The molecule has 0 aliphatic heterocycles. The molecule has 0 fully saturated rings. The Labute approximate surface area is 162 Å². The number of anilines is 1. The molecule has 0 saturated heterocycles. The van der Waals surface area contributed by atoms with Crippen molar-refractivity contribution < 1.29 is 19.2 Å². The normalized spacial score (nSPS) is 10.3. The van der Waals surface area contributed by atoms with Crippen molar-refractivity contribution >= 4 is 33.5 Å². The van der Waals surface area contributed by atoms with E-state index in [2.05, 4.69) is 10.3 Å².